The second-order valence-electron chi connectivity index (χ2n) is 24.9. The van der Waals surface area contributed by atoms with E-state index in [1.807, 2.05) is 24.3 Å². The highest BCUT2D eigenvalue weighted by Gasteiger charge is 2.36. The van der Waals surface area contributed by atoms with Crippen molar-refractivity contribution in [2.24, 2.45) is 0 Å². The van der Waals surface area contributed by atoms with Gasteiger partial charge in [-0.3, -0.25) is 0 Å². The number of methoxy groups -OCH3 is 4. The van der Waals surface area contributed by atoms with Gasteiger partial charge in [-0.05, 0) is 106 Å². The molecule has 1 aliphatic heterocycles. The molecule has 0 fully saturated rings. The summed E-state index contributed by atoms with van der Waals surface area (Å²) >= 11 is 0. The quantitative estimate of drug-likeness (QED) is 0.146. The fourth-order valence-corrected chi connectivity index (χ4v) is 14.5. The zero-order valence-corrected chi connectivity index (χ0v) is 51.2. The lowest BCUT2D eigenvalue weighted by Gasteiger charge is -2.22. The third-order valence-electron chi connectivity index (χ3n) is 15.2. The molecule has 0 radical (unpaired) electrons. The zero-order valence-electron chi connectivity index (χ0n) is 49.4. The fourth-order valence-electron chi connectivity index (χ4n) is 11.0. The maximum Gasteiger partial charge on any atom is 0.254 e. The Morgan fingerprint density at radius 3 is 0.864 bits per heavy atom. The molecule has 0 atom stereocenters. The lowest BCUT2D eigenvalue weighted by Crippen LogP contribution is -2.12. The summed E-state index contributed by atoms with van der Waals surface area (Å²) in [6, 6.07) is 45.8. The molecule has 11 rings (SSSR count). The van der Waals surface area contributed by atoms with Gasteiger partial charge in [0, 0.05) is 66.1 Å². The molecule has 12 heteroatoms. The van der Waals surface area contributed by atoms with Crippen LogP contribution in [0, 0.1) is 0 Å². The molecule has 8 aromatic carbocycles. The van der Waals surface area contributed by atoms with Crippen molar-refractivity contribution in [3.8, 4) is 78.5 Å². The van der Waals surface area contributed by atoms with Gasteiger partial charge in [0.2, 0.25) is 6.79 Å². The summed E-state index contributed by atoms with van der Waals surface area (Å²) < 4.78 is 69.5. The lowest BCUT2D eigenvalue weighted by molar-refractivity contribution is 0.125. The van der Waals surface area contributed by atoms with Crippen LogP contribution in [0.4, 0.5) is 0 Å². The largest absolute Gasteiger partial charge is 0.497 e. The molecule has 1 aliphatic rings. The van der Waals surface area contributed by atoms with Crippen LogP contribution >= 0.6 is 16.0 Å². The summed E-state index contributed by atoms with van der Waals surface area (Å²) in [6.45, 7) is 26.3. The predicted octanol–water partition coefficient (Wildman–Crippen LogP) is 20.8. The fraction of sp³-hybridized carbons (Fsp3) is 0.304. The van der Waals surface area contributed by atoms with E-state index in [0.29, 0.717) is 56.8 Å². The first-order chi connectivity index (χ1) is 38.5. The van der Waals surface area contributed by atoms with Crippen LogP contribution in [-0.2, 0) is 21.7 Å². The summed E-state index contributed by atoms with van der Waals surface area (Å²) in [5.41, 5.74) is 10.1. The first kappa shape index (κ1) is 55.3. The number of fused-ring (bicyclic) bond motifs is 9. The van der Waals surface area contributed by atoms with Crippen LogP contribution in [0.1, 0.15) is 105 Å². The van der Waals surface area contributed by atoms with E-state index in [9.17, 15) is 0 Å². The van der Waals surface area contributed by atoms with Crippen LogP contribution in [-0.4, -0.2) is 35.2 Å². The molecule has 0 aliphatic carbocycles. The van der Waals surface area contributed by atoms with Crippen LogP contribution < -0.4 is 28.4 Å². The first-order valence-electron chi connectivity index (χ1n) is 27.4. The number of hydrogen-bond acceptors (Lipinski definition) is 10. The molecule has 10 nitrogen and oxygen atoms in total. The average molecular weight is 1120 g/mol. The van der Waals surface area contributed by atoms with Gasteiger partial charge in [0.05, 0.1) is 39.0 Å². The smallest absolute Gasteiger partial charge is 0.254 e. The van der Waals surface area contributed by atoms with E-state index >= 15 is 0 Å². The normalized spacial score (nSPS) is 12.8. The van der Waals surface area contributed by atoms with Crippen molar-refractivity contribution in [3.05, 3.63) is 156 Å². The Labute approximate surface area is 477 Å². The molecular weight excluding hydrogens is 1050 g/mol. The molecule has 0 unspecified atom stereocenters. The van der Waals surface area contributed by atoms with E-state index in [0.717, 1.165) is 87.8 Å². The second kappa shape index (κ2) is 20.7. The van der Waals surface area contributed by atoms with Gasteiger partial charge >= 0.3 is 0 Å². The number of ether oxygens (including phenoxy) is 6. The molecule has 0 saturated heterocycles. The molecule has 0 spiro atoms. The average Bonchev–Trinajstić information content (AvgIpc) is 2.95. The lowest BCUT2D eigenvalue weighted by atomic mass is 9.84. The van der Waals surface area contributed by atoms with Crippen LogP contribution in [0.2, 0.25) is 0 Å². The summed E-state index contributed by atoms with van der Waals surface area (Å²) in [7, 11) is 2.47. The summed E-state index contributed by atoms with van der Waals surface area (Å²) in [5, 5.41) is 4.89. The van der Waals surface area contributed by atoms with E-state index in [-0.39, 0.29) is 6.79 Å². The van der Waals surface area contributed by atoms with Gasteiger partial charge < -0.3 is 45.2 Å². The van der Waals surface area contributed by atoms with Crippen LogP contribution in [0.15, 0.2) is 150 Å². The van der Waals surface area contributed by atoms with Crippen LogP contribution in [0.25, 0.3) is 87.9 Å². The van der Waals surface area contributed by atoms with Crippen molar-refractivity contribution in [1.29, 1.82) is 0 Å². The third-order valence-corrected chi connectivity index (χ3v) is 18.2. The number of rotatable bonds is 8. The topological polar surface area (TPSA) is 108 Å². The molecule has 0 amide bonds. The van der Waals surface area contributed by atoms with Crippen molar-refractivity contribution in [3.63, 3.8) is 0 Å². The minimum Gasteiger partial charge on any atom is -0.497 e. The van der Waals surface area contributed by atoms with Crippen molar-refractivity contribution in [2.75, 3.05) is 35.2 Å². The molecule has 3 heterocycles. The van der Waals surface area contributed by atoms with Gasteiger partial charge in [-0.2, -0.15) is 0 Å². The first-order valence-corrected chi connectivity index (χ1v) is 29.8. The van der Waals surface area contributed by atoms with Gasteiger partial charge in [0.1, 0.15) is 56.8 Å². The van der Waals surface area contributed by atoms with Gasteiger partial charge in [-0.15, -0.1) is 0 Å². The second-order valence-corrected chi connectivity index (χ2v) is 27.5. The minimum absolute atomic E-state index is 0.0747. The van der Waals surface area contributed by atoms with E-state index in [1.54, 1.807) is 28.4 Å². The van der Waals surface area contributed by atoms with Crippen molar-refractivity contribution >= 4 is 59.9 Å². The van der Waals surface area contributed by atoms with Crippen LogP contribution in [0.3, 0.4) is 0 Å². The van der Waals surface area contributed by atoms with Crippen molar-refractivity contribution in [1.82, 2.24) is 0 Å². The maximum atomic E-state index is 7.84. The Morgan fingerprint density at radius 1 is 0.346 bits per heavy atom. The Bertz CT molecular complexity index is 3730. The van der Waals surface area contributed by atoms with Gasteiger partial charge in [-0.25, -0.2) is 0 Å². The van der Waals surface area contributed by atoms with E-state index in [2.05, 4.69) is 192 Å². The predicted molar refractivity (Wildman–Crippen MR) is 332 cm³/mol. The van der Waals surface area contributed by atoms with Gasteiger partial charge in [0.25, 0.3) is 16.0 Å². The Kier molecular flexibility index (Phi) is 14.1. The molecule has 0 N–H and O–H groups in total. The molecule has 0 saturated carbocycles. The summed E-state index contributed by atoms with van der Waals surface area (Å²) in [5.74, 6) is 3.96. The van der Waals surface area contributed by atoms with Crippen molar-refractivity contribution in [2.45, 2.75) is 105 Å². The third kappa shape index (κ3) is 10.1. The molecule has 2 aromatic heterocycles. The van der Waals surface area contributed by atoms with Crippen molar-refractivity contribution < 1.29 is 45.2 Å². The SMILES string of the molecule is COc1cc(C(C)(C)C)c2op(-c3c(-c4ccccc4)ccc4c3-c3c(ccc(-c5ccccc5)c3-p3oc5c(C(C)(C)C)cc(OC)cc5c5cc(OC)cc(C(C)(C)C)c5o3)OCO4)oc3c(C(C)(C)C)cc(OC)cc3c2c1. The maximum absolute atomic E-state index is 7.84. The highest BCUT2D eigenvalue weighted by molar-refractivity contribution is 7.47. The number of benzene rings is 8. The monoisotopic (exact) mass is 1120 g/mol. The standard InChI is InChI=1S/C69H72O10P2/c1-66(2,3)52-35-42(70-13)31-48-49-32-43(71-14)36-53(67(4,5)6)61(49)77-80(76-60(48)52)64-46(40-23-19-17-20-24-40)27-29-56-58(64)59-57(75-39-74-56)30-28-47(41-25-21-18-22-26-41)65(59)81-78-62-50(33-44(72-15)37-54(62)68(7,8)9)51-34-45(73-16)38-55(63(51)79-81)69(10,11)12/h17-38H,39H2,1-16H3. The summed E-state index contributed by atoms with van der Waals surface area (Å²) in [4.78, 5) is 0. The molecule has 10 aromatic rings. The molecule has 81 heavy (non-hydrogen) atoms. The summed E-state index contributed by atoms with van der Waals surface area (Å²) in [6.07, 6.45) is 0. The van der Waals surface area contributed by atoms with Gasteiger partial charge in [0.15, 0.2) is 0 Å². The highest BCUT2D eigenvalue weighted by atomic mass is 31.1. The van der Waals surface area contributed by atoms with E-state index in [1.165, 1.54) is 0 Å². The molecule has 0 bridgehead atoms. The minimum atomic E-state index is -2.17. The Hall–Kier alpha value is -7.64. The van der Waals surface area contributed by atoms with E-state index < -0.39 is 37.7 Å². The van der Waals surface area contributed by atoms with Crippen LogP contribution in [0.5, 0.6) is 34.5 Å². The Morgan fingerprint density at radius 2 is 0.617 bits per heavy atom. The Balaban J connectivity index is 1.43. The zero-order chi connectivity index (χ0) is 57.5. The number of hydrogen-bond donors (Lipinski definition) is 0. The van der Waals surface area contributed by atoms with E-state index in [4.69, 9.17) is 45.2 Å². The molecular formula is C69H72O10P2. The van der Waals surface area contributed by atoms with Gasteiger partial charge in [-0.1, -0.05) is 144 Å². The highest BCUT2D eigenvalue weighted by Crippen LogP contribution is 2.63. The molecule has 418 valence electrons.